The number of nitro groups is 1. The van der Waals surface area contributed by atoms with E-state index < -0.39 is 4.92 Å². The topological polar surface area (TPSA) is 95.2 Å². The zero-order chi connectivity index (χ0) is 11.7. The highest BCUT2D eigenvalue weighted by molar-refractivity contribution is 5.42. The first kappa shape index (κ1) is 11.0. The molecule has 5 nitrogen and oxygen atoms in total. The molecule has 0 saturated carbocycles. The second kappa shape index (κ2) is 4.19. The molecule has 1 aliphatic carbocycles. The van der Waals surface area contributed by atoms with Crippen molar-refractivity contribution in [2.75, 3.05) is 0 Å². The van der Waals surface area contributed by atoms with Crippen LogP contribution in [0.4, 0.5) is 5.69 Å². The van der Waals surface area contributed by atoms with Gasteiger partial charge in [-0.1, -0.05) is 6.07 Å². The number of nitro benzene ring substituents is 1. The van der Waals surface area contributed by atoms with Crippen LogP contribution in [0.5, 0.6) is 0 Å². The Labute approximate surface area is 93.6 Å². The summed E-state index contributed by atoms with van der Waals surface area (Å²) in [6, 6.07) is 4.81. The molecule has 86 valence electrons. The van der Waals surface area contributed by atoms with E-state index in [1.165, 1.54) is 6.07 Å². The van der Waals surface area contributed by atoms with Crippen LogP contribution < -0.4 is 11.5 Å². The minimum Gasteiger partial charge on any atom is -0.328 e. The standard InChI is InChI=1S/C11H15N3O2/c12-8-3-1-7-2-4-9(14(15)16)6-10(7)11(13)5-8/h2,4,6,8,11H,1,3,5,12-13H2/t8-,11?/m0/s1. The second-order valence-electron chi connectivity index (χ2n) is 4.28. The first-order valence-corrected chi connectivity index (χ1v) is 5.36. The Morgan fingerprint density at radius 1 is 1.38 bits per heavy atom. The highest BCUT2D eigenvalue weighted by atomic mass is 16.6. The number of rotatable bonds is 1. The van der Waals surface area contributed by atoms with E-state index in [0.717, 1.165) is 24.0 Å². The summed E-state index contributed by atoms with van der Waals surface area (Å²) in [7, 11) is 0. The van der Waals surface area contributed by atoms with Crippen molar-refractivity contribution < 1.29 is 4.92 Å². The van der Waals surface area contributed by atoms with E-state index in [1.807, 2.05) is 0 Å². The Bertz CT molecular complexity index is 420. The molecule has 5 heteroatoms. The molecule has 0 fully saturated rings. The largest absolute Gasteiger partial charge is 0.328 e. The maximum atomic E-state index is 10.7. The highest BCUT2D eigenvalue weighted by Gasteiger charge is 2.21. The molecule has 4 N–H and O–H groups in total. The molecule has 2 atom stereocenters. The molecule has 2 rings (SSSR count). The molecule has 0 bridgehead atoms. The third-order valence-corrected chi connectivity index (χ3v) is 3.08. The molecule has 1 aliphatic rings. The lowest BCUT2D eigenvalue weighted by molar-refractivity contribution is -0.384. The van der Waals surface area contributed by atoms with Gasteiger partial charge in [-0.05, 0) is 30.4 Å². The number of benzene rings is 1. The monoisotopic (exact) mass is 221 g/mol. The third kappa shape index (κ3) is 2.05. The zero-order valence-electron chi connectivity index (χ0n) is 8.93. The van der Waals surface area contributed by atoms with Crippen molar-refractivity contribution in [1.82, 2.24) is 0 Å². The molecule has 16 heavy (non-hydrogen) atoms. The molecule has 0 aliphatic heterocycles. The van der Waals surface area contributed by atoms with Crippen LogP contribution in [0.2, 0.25) is 0 Å². The van der Waals surface area contributed by atoms with Crippen LogP contribution >= 0.6 is 0 Å². The van der Waals surface area contributed by atoms with Crippen molar-refractivity contribution in [2.45, 2.75) is 31.3 Å². The van der Waals surface area contributed by atoms with Gasteiger partial charge in [0, 0.05) is 24.2 Å². The summed E-state index contributed by atoms with van der Waals surface area (Å²) in [6.07, 6.45) is 2.43. The third-order valence-electron chi connectivity index (χ3n) is 3.08. The average molecular weight is 221 g/mol. The van der Waals surface area contributed by atoms with Gasteiger partial charge in [-0.3, -0.25) is 10.1 Å². The average Bonchev–Trinajstić information content (AvgIpc) is 2.38. The van der Waals surface area contributed by atoms with Crippen molar-refractivity contribution >= 4 is 5.69 Å². The SMILES string of the molecule is NC1C[C@@H](N)CCc2ccc([N+](=O)[O-])cc21. The van der Waals surface area contributed by atoms with E-state index in [-0.39, 0.29) is 17.8 Å². The molecule has 0 saturated heterocycles. The van der Waals surface area contributed by atoms with Crippen molar-refractivity contribution in [1.29, 1.82) is 0 Å². The quantitative estimate of drug-likeness (QED) is 0.424. The molecule has 0 heterocycles. The molecule has 1 aromatic rings. The summed E-state index contributed by atoms with van der Waals surface area (Å²) in [5.74, 6) is 0. The Morgan fingerprint density at radius 2 is 2.12 bits per heavy atom. The normalized spacial score (nSPS) is 24.6. The van der Waals surface area contributed by atoms with Gasteiger partial charge in [0.25, 0.3) is 5.69 Å². The van der Waals surface area contributed by atoms with Crippen LogP contribution in [-0.2, 0) is 6.42 Å². The first-order chi connectivity index (χ1) is 7.58. The van der Waals surface area contributed by atoms with Crippen LogP contribution in [0.1, 0.15) is 30.0 Å². The fourth-order valence-corrected chi connectivity index (χ4v) is 2.18. The maximum absolute atomic E-state index is 10.7. The minimum absolute atomic E-state index is 0.0847. The van der Waals surface area contributed by atoms with Crippen LogP contribution in [0.3, 0.4) is 0 Å². The van der Waals surface area contributed by atoms with Gasteiger partial charge in [0.15, 0.2) is 0 Å². The van der Waals surface area contributed by atoms with Gasteiger partial charge in [0.05, 0.1) is 4.92 Å². The van der Waals surface area contributed by atoms with E-state index in [4.69, 9.17) is 11.5 Å². The number of aryl methyl sites for hydroxylation is 1. The summed E-state index contributed by atoms with van der Waals surface area (Å²) in [6.45, 7) is 0. The molecule has 0 radical (unpaired) electrons. The number of hydrogen-bond acceptors (Lipinski definition) is 4. The number of fused-ring (bicyclic) bond motifs is 1. The summed E-state index contributed by atoms with van der Waals surface area (Å²) in [5, 5.41) is 10.7. The Balaban J connectivity index is 2.41. The summed E-state index contributed by atoms with van der Waals surface area (Å²) in [5.41, 5.74) is 14.0. The van der Waals surface area contributed by atoms with Gasteiger partial charge in [-0.15, -0.1) is 0 Å². The molecular formula is C11H15N3O2. The fourth-order valence-electron chi connectivity index (χ4n) is 2.18. The number of non-ortho nitro benzene ring substituents is 1. The second-order valence-corrected chi connectivity index (χ2v) is 4.28. The van der Waals surface area contributed by atoms with Gasteiger partial charge >= 0.3 is 0 Å². The fraction of sp³-hybridized carbons (Fsp3) is 0.455. The van der Waals surface area contributed by atoms with Gasteiger partial charge in [-0.2, -0.15) is 0 Å². The first-order valence-electron chi connectivity index (χ1n) is 5.36. The summed E-state index contributed by atoms with van der Waals surface area (Å²) in [4.78, 5) is 10.3. The van der Waals surface area contributed by atoms with Crippen molar-refractivity contribution in [2.24, 2.45) is 11.5 Å². The number of hydrogen-bond donors (Lipinski definition) is 2. The number of nitrogens with zero attached hydrogens (tertiary/aromatic N) is 1. The van der Waals surface area contributed by atoms with Gasteiger partial charge < -0.3 is 11.5 Å². The predicted molar refractivity (Wildman–Crippen MR) is 60.9 cm³/mol. The van der Waals surface area contributed by atoms with E-state index in [9.17, 15) is 10.1 Å². The van der Waals surface area contributed by atoms with E-state index in [2.05, 4.69) is 0 Å². The minimum atomic E-state index is -0.391. The van der Waals surface area contributed by atoms with E-state index in [0.29, 0.717) is 6.42 Å². The van der Waals surface area contributed by atoms with Crippen LogP contribution in [0, 0.1) is 10.1 Å². The molecule has 1 aromatic carbocycles. The molecular weight excluding hydrogens is 206 g/mol. The van der Waals surface area contributed by atoms with Crippen molar-refractivity contribution in [3.63, 3.8) is 0 Å². The molecule has 0 spiro atoms. The lowest BCUT2D eigenvalue weighted by atomic mass is 9.99. The zero-order valence-corrected chi connectivity index (χ0v) is 8.93. The Morgan fingerprint density at radius 3 is 2.81 bits per heavy atom. The van der Waals surface area contributed by atoms with Gasteiger partial charge in [0.2, 0.25) is 0 Å². The lowest BCUT2D eigenvalue weighted by Gasteiger charge is -2.13. The Kier molecular flexibility index (Phi) is 2.89. The lowest BCUT2D eigenvalue weighted by Crippen LogP contribution is -2.24. The van der Waals surface area contributed by atoms with Crippen LogP contribution in [-0.4, -0.2) is 11.0 Å². The molecule has 1 unspecified atom stereocenters. The van der Waals surface area contributed by atoms with Gasteiger partial charge in [-0.25, -0.2) is 0 Å². The smallest absolute Gasteiger partial charge is 0.269 e. The van der Waals surface area contributed by atoms with Crippen LogP contribution in [0.25, 0.3) is 0 Å². The van der Waals surface area contributed by atoms with Crippen molar-refractivity contribution in [3.8, 4) is 0 Å². The number of nitrogens with two attached hydrogens (primary N) is 2. The summed E-state index contributed by atoms with van der Waals surface area (Å²) < 4.78 is 0. The van der Waals surface area contributed by atoms with Crippen molar-refractivity contribution in [3.05, 3.63) is 39.4 Å². The summed E-state index contributed by atoms with van der Waals surface area (Å²) >= 11 is 0. The van der Waals surface area contributed by atoms with E-state index >= 15 is 0 Å². The predicted octanol–water partition coefficient (Wildman–Crippen LogP) is 1.26. The maximum Gasteiger partial charge on any atom is 0.269 e. The van der Waals surface area contributed by atoms with Crippen LogP contribution in [0.15, 0.2) is 18.2 Å². The van der Waals surface area contributed by atoms with Gasteiger partial charge in [0.1, 0.15) is 0 Å². The Hall–Kier alpha value is -1.46. The molecule has 0 aromatic heterocycles. The molecule has 0 amide bonds. The highest BCUT2D eigenvalue weighted by Crippen LogP contribution is 2.29. The van der Waals surface area contributed by atoms with E-state index in [1.54, 1.807) is 12.1 Å².